The van der Waals surface area contributed by atoms with Crippen LogP contribution < -0.4 is 5.32 Å². The first kappa shape index (κ1) is 14.3. The molecule has 1 aliphatic heterocycles. The zero-order valence-corrected chi connectivity index (χ0v) is 12.6. The van der Waals surface area contributed by atoms with E-state index in [4.69, 9.17) is 0 Å². The summed E-state index contributed by atoms with van der Waals surface area (Å²) in [7, 11) is 2.16. The van der Waals surface area contributed by atoms with E-state index in [9.17, 15) is 0 Å². The molecular weight excluding hydrogens is 220 g/mol. The summed E-state index contributed by atoms with van der Waals surface area (Å²) in [4.78, 5) is 2.73. The summed E-state index contributed by atoms with van der Waals surface area (Å²) in [5, 5.41) is 3.61. The smallest absolute Gasteiger partial charge is 0.0220 e. The van der Waals surface area contributed by atoms with Crippen LogP contribution in [-0.2, 0) is 0 Å². The van der Waals surface area contributed by atoms with Crippen LogP contribution in [0.2, 0.25) is 0 Å². The predicted molar refractivity (Wildman–Crippen MR) is 78.9 cm³/mol. The maximum absolute atomic E-state index is 3.61. The van der Waals surface area contributed by atoms with Gasteiger partial charge in [-0.1, -0.05) is 26.2 Å². The first-order valence-electron chi connectivity index (χ1n) is 8.12. The predicted octanol–water partition coefficient (Wildman–Crippen LogP) is 3.28. The van der Waals surface area contributed by atoms with Crippen LogP contribution in [0.25, 0.3) is 0 Å². The number of nitrogens with zero attached hydrogens (tertiary/aromatic N) is 1. The highest BCUT2D eigenvalue weighted by molar-refractivity contribution is 4.85. The molecule has 2 heteroatoms. The van der Waals surface area contributed by atoms with Crippen LogP contribution in [0.3, 0.4) is 0 Å². The fourth-order valence-corrected chi connectivity index (χ4v) is 3.99. The molecule has 0 bridgehead atoms. The Balaban J connectivity index is 1.85. The second kappa shape index (κ2) is 6.91. The molecule has 1 saturated carbocycles. The van der Waals surface area contributed by atoms with Crippen molar-refractivity contribution in [3.63, 3.8) is 0 Å². The Morgan fingerprint density at radius 3 is 2.44 bits per heavy atom. The zero-order chi connectivity index (χ0) is 13.0. The van der Waals surface area contributed by atoms with E-state index in [2.05, 4.69) is 31.1 Å². The van der Waals surface area contributed by atoms with Crippen molar-refractivity contribution < 1.29 is 0 Å². The summed E-state index contributed by atoms with van der Waals surface area (Å²) in [5.41, 5.74) is 0. The largest absolute Gasteiger partial charge is 0.315 e. The summed E-state index contributed by atoms with van der Waals surface area (Å²) in [6, 6.07) is 1.51. The molecule has 0 aromatic rings. The maximum atomic E-state index is 3.61. The Bertz CT molecular complexity index is 235. The second-order valence-corrected chi connectivity index (χ2v) is 6.77. The Kier molecular flexibility index (Phi) is 5.50. The third-order valence-electron chi connectivity index (χ3n) is 5.30. The Morgan fingerprint density at radius 2 is 1.83 bits per heavy atom. The van der Waals surface area contributed by atoms with E-state index < -0.39 is 0 Å². The lowest BCUT2D eigenvalue weighted by Gasteiger charge is -2.41. The molecule has 2 aliphatic rings. The molecule has 18 heavy (non-hydrogen) atoms. The minimum atomic E-state index is 0.723. The van der Waals surface area contributed by atoms with E-state index in [1.165, 1.54) is 58.0 Å². The molecule has 1 saturated heterocycles. The van der Waals surface area contributed by atoms with Gasteiger partial charge in [0, 0.05) is 18.6 Å². The number of likely N-dealkylation sites (tertiary alicyclic amines) is 1. The topological polar surface area (TPSA) is 15.3 Å². The summed E-state index contributed by atoms with van der Waals surface area (Å²) in [6.45, 7) is 7.41. The van der Waals surface area contributed by atoms with Gasteiger partial charge in [0.25, 0.3) is 0 Å². The van der Waals surface area contributed by atoms with Crippen molar-refractivity contribution in [3.05, 3.63) is 0 Å². The lowest BCUT2D eigenvalue weighted by Crippen LogP contribution is -2.50. The lowest BCUT2D eigenvalue weighted by atomic mass is 9.83. The van der Waals surface area contributed by atoms with Crippen LogP contribution in [0, 0.1) is 11.8 Å². The van der Waals surface area contributed by atoms with E-state index >= 15 is 0 Å². The van der Waals surface area contributed by atoms with E-state index in [1.54, 1.807) is 0 Å². The van der Waals surface area contributed by atoms with Gasteiger partial charge >= 0.3 is 0 Å². The molecule has 1 aliphatic carbocycles. The number of likely N-dealkylation sites (N-methyl/N-ethyl adjacent to an activating group) is 1. The summed E-state index contributed by atoms with van der Waals surface area (Å²) >= 11 is 0. The van der Waals surface area contributed by atoms with Crippen LogP contribution in [0.1, 0.15) is 58.8 Å². The first-order valence-corrected chi connectivity index (χ1v) is 8.12. The quantitative estimate of drug-likeness (QED) is 0.826. The minimum Gasteiger partial charge on any atom is -0.315 e. The summed E-state index contributed by atoms with van der Waals surface area (Å²) < 4.78 is 0. The molecular formula is C16H32N2. The molecule has 1 heterocycles. The van der Waals surface area contributed by atoms with Gasteiger partial charge in [-0.15, -0.1) is 0 Å². The van der Waals surface area contributed by atoms with Gasteiger partial charge in [0.15, 0.2) is 0 Å². The van der Waals surface area contributed by atoms with E-state index in [1.807, 2.05) is 0 Å². The van der Waals surface area contributed by atoms with Gasteiger partial charge in [0.2, 0.25) is 0 Å². The number of hydrogen-bond acceptors (Lipinski definition) is 2. The normalized spacial score (nSPS) is 33.5. The number of rotatable bonds is 4. The highest BCUT2D eigenvalue weighted by Crippen LogP contribution is 2.28. The molecule has 0 spiro atoms. The Morgan fingerprint density at radius 1 is 1.11 bits per heavy atom. The van der Waals surface area contributed by atoms with Crippen molar-refractivity contribution in [2.75, 3.05) is 20.1 Å². The molecule has 1 N–H and O–H groups in total. The minimum absolute atomic E-state index is 0.723. The second-order valence-electron chi connectivity index (χ2n) is 6.77. The van der Waals surface area contributed by atoms with Crippen LogP contribution >= 0.6 is 0 Å². The Hall–Kier alpha value is -0.0800. The lowest BCUT2D eigenvalue weighted by molar-refractivity contribution is 0.100. The maximum Gasteiger partial charge on any atom is 0.0220 e. The van der Waals surface area contributed by atoms with Gasteiger partial charge in [0.1, 0.15) is 0 Å². The van der Waals surface area contributed by atoms with Gasteiger partial charge < -0.3 is 5.32 Å². The van der Waals surface area contributed by atoms with Gasteiger partial charge in [-0.25, -0.2) is 0 Å². The monoisotopic (exact) mass is 252 g/mol. The summed E-state index contributed by atoms with van der Waals surface area (Å²) in [5.74, 6) is 1.86. The fourth-order valence-electron chi connectivity index (χ4n) is 3.99. The highest BCUT2D eigenvalue weighted by Gasteiger charge is 2.28. The summed E-state index contributed by atoms with van der Waals surface area (Å²) in [6.07, 6.45) is 10.1. The molecule has 0 aromatic carbocycles. The SMILES string of the molecule is CNC(CN1CCC(C)CC1C)C1CCCCC1. The molecule has 106 valence electrons. The molecule has 3 atom stereocenters. The number of nitrogens with one attached hydrogen (secondary N) is 1. The third kappa shape index (κ3) is 3.71. The van der Waals surface area contributed by atoms with Crippen LogP contribution in [0.4, 0.5) is 0 Å². The third-order valence-corrected chi connectivity index (χ3v) is 5.30. The molecule has 0 radical (unpaired) electrons. The standard InChI is InChI=1S/C16H32N2/c1-13-9-10-18(14(2)11-13)12-16(17-3)15-7-5-4-6-8-15/h13-17H,4-12H2,1-3H3. The Labute approximate surface area is 114 Å². The highest BCUT2D eigenvalue weighted by atomic mass is 15.2. The van der Waals surface area contributed by atoms with E-state index in [0.717, 1.165) is 23.9 Å². The van der Waals surface area contributed by atoms with Crippen molar-refractivity contribution in [3.8, 4) is 0 Å². The number of piperidine rings is 1. The molecule has 2 nitrogen and oxygen atoms in total. The van der Waals surface area contributed by atoms with Crippen molar-refractivity contribution in [2.24, 2.45) is 11.8 Å². The zero-order valence-electron chi connectivity index (χ0n) is 12.6. The first-order chi connectivity index (χ1) is 8.70. The number of hydrogen-bond donors (Lipinski definition) is 1. The average molecular weight is 252 g/mol. The molecule has 2 rings (SSSR count). The van der Waals surface area contributed by atoms with Crippen molar-refractivity contribution in [2.45, 2.75) is 70.9 Å². The van der Waals surface area contributed by atoms with Crippen molar-refractivity contribution >= 4 is 0 Å². The molecule has 0 amide bonds. The molecule has 3 unspecified atom stereocenters. The van der Waals surface area contributed by atoms with E-state index in [0.29, 0.717) is 0 Å². The van der Waals surface area contributed by atoms with E-state index in [-0.39, 0.29) is 0 Å². The van der Waals surface area contributed by atoms with Crippen molar-refractivity contribution in [1.29, 1.82) is 0 Å². The van der Waals surface area contributed by atoms with Crippen LogP contribution in [0.5, 0.6) is 0 Å². The average Bonchev–Trinajstić information content (AvgIpc) is 2.39. The molecule has 0 aromatic heterocycles. The van der Waals surface area contributed by atoms with Crippen LogP contribution in [-0.4, -0.2) is 37.1 Å². The fraction of sp³-hybridized carbons (Fsp3) is 1.00. The van der Waals surface area contributed by atoms with Gasteiger partial charge in [-0.05, 0) is 58.0 Å². The van der Waals surface area contributed by atoms with Crippen molar-refractivity contribution in [1.82, 2.24) is 10.2 Å². The van der Waals surface area contributed by atoms with Gasteiger partial charge in [-0.2, -0.15) is 0 Å². The van der Waals surface area contributed by atoms with Gasteiger partial charge in [-0.3, -0.25) is 4.90 Å². The van der Waals surface area contributed by atoms with Crippen LogP contribution in [0.15, 0.2) is 0 Å². The van der Waals surface area contributed by atoms with Gasteiger partial charge in [0.05, 0.1) is 0 Å². The molecule has 2 fully saturated rings.